The zero-order valence-electron chi connectivity index (χ0n) is 11.8. The SMILES string of the molecule is CNC(=O)c1ccc(COc2cccc(C(=O)O)c2Cl)cc1. The molecule has 2 aromatic carbocycles. The molecule has 2 aromatic rings. The lowest BCUT2D eigenvalue weighted by Crippen LogP contribution is -2.17. The molecule has 0 radical (unpaired) electrons. The minimum absolute atomic E-state index is 0.00543. The van der Waals surface area contributed by atoms with Crippen molar-refractivity contribution in [1.82, 2.24) is 5.32 Å². The number of ether oxygens (including phenoxy) is 1. The highest BCUT2D eigenvalue weighted by atomic mass is 35.5. The molecule has 0 aromatic heterocycles. The molecule has 0 aliphatic carbocycles. The minimum atomic E-state index is -1.11. The van der Waals surface area contributed by atoms with Crippen LogP contribution in [0.3, 0.4) is 0 Å². The molecule has 0 atom stereocenters. The summed E-state index contributed by atoms with van der Waals surface area (Å²) in [4.78, 5) is 22.4. The lowest BCUT2D eigenvalue weighted by Gasteiger charge is -2.10. The first-order valence-electron chi connectivity index (χ1n) is 6.48. The fourth-order valence-electron chi connectivity index (χ4n) is 1.85. The smallest absolute Gasteiger partial charge is 0.337 e. The highest BCUT2D eigenvalue weighted by Crippen LogP contribution is 2.28. The summed E-state index contributed by atoms with van der Waals surface area (Å²) < 4.78 is 5.54. The van der Waals surface area contributed by atoms with E-state index in [0.29, 0.717) is 11.3 Å². The molecule has 2 rings (SSSR count). The number of nitrogens with one attached hydrogen (secondary N) is 1. The highest BCUT2D eigenvalue weighted by molar-refractivity contribution is 6.34. The van der Waals surface area contributed by atoms with Gasteiger partial charge in [-0.15, -0.1) is 0 Å². The lowest BCUT2D eigenvalue weighted by molar-refractivity contribution is 0.0696. The maximum Gasteiger partial charge on any atom is 0.337 e. The molecule has 2 N–H and O–H groups in total. The van der Waals surface area contributed by atoms with E-state index in [1.165, 1.54) is 6.07 Å². The Bertz CT molecular complexity index is 698. The van der Waals surface area contributed by atoms with Crippen LogP contribution in [-0.2, 0) is 6.61 Å². The molecule has 6 heteroatoms. The highest BCUT2D eigenvalue weighted by Gasteiger charge is 2.13. The van der Waals surface area contributed by atoms with E-state index >= 15 is 0 Å². The zero-order chi connectivity index (χ0) is 16.1. The second-order valence-corrected chi connectivity index (χ2v) is 4.87. The van der Waals surface area contributed by atoms with Crippen LogP contribution in [0.15, 0.2) is 42.5 Å². The molecule has 1 amide bonds. The van der Waals surface area contributed by atoms with Crippen molar-refractivity contribution in [2.75, 3.05) is 7.05 Å². The number of amides is 1. The Balaban J connectivity index is 2.09. The molecule has 5 nitrogen and oxygen atoms in total. The zero-order valence-corrected chi connectivity index (χ0v) is 12.6. The fraction of sp³-hybridized carbons (Fsp3) is 0.125. The molecular weight excluding hydrogens is 306 g/mol. The standard InChI is InChI=1S/C16H14ClNO4/c1-18-15(19)11-7-5-10(6-8-11)9-22-13-4-2-3-12(14(13)17)16(20)21/h2-8H,9H2,1H3,(H,18,19)(H,20,21). The average Bonchev–Trinajstić information content (AvgIpc) is 2.53. The molecule has 0 fully saturated rings. The molecule has 22 heavy (non-hydrogen) atoms. The van der Waals surface area contributed by atoms with Crippen LogP contribution in [-0.4, -0.2) is 24.0 Å². The Kier molecular flexibility index (Phi) is 5.01. The van der Waals surface area contributed by atoms with E-state index in [9.17, 15) is 9.59 Å². The molecule has 0 aliphatic rings. The number of hydrogen-bond donors (Lipinski definition) is 2. The van der Waals surface area contributed by atoms with Gasteiger partial charge in [-0.1, -0.05) is 29.8 Å². The molecule has 0 saturated carbocycles. The van der Waals surface area contributed by atoms with E-state index < -0.39 is 5.97 Å². The van der Waals surface area contributed by atoms with Crippen LogP contribution in [0.4, 0.5) is 0 Å². The first kappa shape index (κ1) is 15.9. The summed E-state index contributed by atoms with van der Waals surface area (Å²) >= 11 is 6.00. The lowest BCUT2D eigenvalue weighted by atomic mass is 10.1. The molecule has 0 bridgehead atoms. The number of carboxylic acids is 1. The van der Waals surface area contributed by atoms with Gasteiger partial charge in [0, 0.05) is 12.6 Å². The largest absolute Gasteiger partial charge is 0.487 e. The van der Waals surface area contributed by atoms with Gasteiger partial charge in [0.2, 0.25) is 0 Å². The Morgan fingerprint density at radius 3 is 2.45 bits per heavy atom. The van der Waals surface area contributed by atoms with Crippen LogP contribution in [0.25, 0.3) is 0 Å². The van der Waals surface area contributed by atoms with Crippen molar-refractivity contribution in [2.45, 2.75) is 6.61 Å². The number of hydrogen-bond acceptors (Lipinski definition) is 3. The van der Waals surface area contributed by atoms with Crippen LogP contribution in [0, 0.1) is 0 Å². The van der Waals surface area contributed by atoms with E-state index in [4.69, 9.17) is 21.4 Å². The van der Waals surface area contributed by atoms with E-state index in [1.54, 1.807) is 43.4 Å². The van der Waals surface area contributed by atoms with Crippen molar-refractivity contribution in [3.63, 3.8) is 0 Å². The monoisotopic (exact) mass is 319 g/mol. The van der Waals surface area contributed by atoms with Crippen molar-refractivity contribution >= 4 is 23.5 Å². The van der Waals surface area contributed by atoms with Crippen LogP contribution < -0.4 is 10.1 Å². The van der Waals surface area contributed by atoms with Gasteiger partial charge in [0.25, 0.3) is 5.91 Å². The molecule has 0 aliphatic heterocycles. The van der Waals surface area contributed by atoms with Gasteiger partial charge in [0.1, 0.15) is 12.4 Å². The topological polar surface area (TPSA) is 75.6 Å². The quantitative estimate of drug-likeness (QED) is 0.888. The maximum absolute atomic E-state index is 11.4. The van der Waals surface area contributed by atoms with E-state index in [1.807, 2.05) is 0 Å². The summed E-state index contributed by atoms with van der Waals surface area (Å²) in [5.41, 5.74) is 1.38. The normalized spacial score (nSPS) is 10.1. The van der Waals surface area contributed by atoms with Crippen molar-refractivity contribution in [1.29, 1.82) is 0 Å². The number of aromatic carboxylic acids is 1. The third-order valence-corrected chi connectivity index (χ3v) is 3.42. The molecule has 0 heterocycles. The van der Waals surface area contributed by atoms with Gasteiger partial charge in [-0.2, -0.15) is 0 Å². The van der Waals surface area contributed by atoms with Gasteiger partial charge in [0.05, 0.1) is 10.6 Å². The summed E-state index contributed by atoms with van der Waals surface area (Å²) in [6.45, 7) is 0.219. The van der Waals surface area contributed by atoms with Gasteiger partial charge in [-0.25, -0.2) is 4.79 Å². The summed E-state index contributed by atoms with van der Waals surface area (Å²) in [7, 11) is 1.57. The first-order chi connectivity index (χ1) is 10.5. The number of carboxylic acid groups (broad SMARTS) is 1. The Labute approximate surface area is 132 Å². The maximum atomic E-state index is 11.4. The number of rotatable bonds is 5. The number of benzene rings is 2. The van der Waals surface area contributed by atoms with Crippen molar-refractivity contribution in [3.05, 3.63) is 64.2 Å². The number of carbonyl (C=O) groups is 2. The first-order valence-corrected chi connectivity index (χ1v) is 6.86. The molecular formula is C16H14ClNO4. The number of halogens is 1. The molecule has 0 saturated heterocycles. The molecule has 114 valence electrons. The Hall–Kier alpha value is -2.53. The van der Waals surface area contributed by atoms with Crippen LogP contribution >= 0.6 is 11.6 Å². The average molecular weight is 320 g/mol. The summed E-state index contributed by atoms with van der Waals surface area (Å²) in [5.74, 6) is -0.966. The molecule has 0 unspecified atom stereocenters. The van der Waals surface area contributed by atoms with Gasteiger partial charge in [0.15, 0.2) is 0 Å². The van der Waals surface area contributed by atoms with Crippen LogP contribution in [0.2, 0.25) is 5.02 Å². The van der Waals surface area contributed by atoms with Crippen molar-refractivity contribution in [3.8, 4) is 5.75 Å². The van der Waals surface area contributed by atoms with Gasteiger partial charge in [-0.3, -0.25) is 4.79 Å². The fourth-order valence-corrected chi connectivity index (χ4v) is 2.11. The Morgan fingerprint density at radius 2 is 1.86 bits per heavy atom. The van der Waals surface area contributed by atoms with E-state index in [0.717, 1.165) is 5.56 Å². The van der Waals surface area contributed by atoms with Crippen molar-refractivity contribution < 1.29 is 19.4 Å². The van der Waals surface area contributed by atoms with Gasteiger partial charge in [-0.05, 0) is 29.8 Å². The van der Waals surface area contributed by atoms with Gasteiger partial charge >= 0.3 is 5.97 Å². The van der Waals surface area contributed by atoms with Crippen molar-refractivity contribution in [2.24, 2.45) is 0 Å². The van der Waals surface area contributed by atoms with E-state index in [-0.39, 0.29) is 23.1 Å². The van der Waals surface area contributed by atoms with Crippen LogP contribution in [0.5, 0.6) is 5.75 Å². The Morgan fingerprint density at radius 1 is 1.18 bits per heavy atom. The second-order valence-electron chi connectivity index (χ2n) is 4.49. The predicted octanol–water partition coefficient (Wildman–Crippen LogP) is 2.98. The number of carbonyl (C=O) groups excluding carboxylic acids is 1. The summed E-state index contributed by atoms with van der Waals surface area (Å²) in [6.07, 6.45) is 0. The minimum Gasteiger partial charge on any atom is -0.487 e. The van der Waals surface area contributed by atoms with E-state index in [2.05, 4.69) is 5.32 Å². The van der Waals surface area contributed by atoms with Crippen LogP contribution in [0.1, 0.15) is 26.3 Å². The summed E-state index contributed by atoms with van der Waals surface area (Å²) in [6, 6.07) is 11.5. The third kappa shape index (κ3) is 3.56. The second kappa shape index (κ2) is 6.95. The summed E-state index contributed by atoms with van der Waals surface area (Å²) in [5, 5.41) is 11.6. The third-order valence-electron chi connectivity index (χ3n) is 3.03. The molecule has 0 spiro atoms. The van der Waals surface area contributed by atoms with Gasteiger partial charge < -0.3 is 15.2 Å². The predicted molar refractivity (Wildman–Crippen MR) is 82.6 cm³/mol.